The first-order chi connectivity index (χ1) is 9.78. The van der Waals surface area contributed by atoms with Gasteiger partial charge in [-0.15, -0.1) is 16.4 Å². The molecule has 0 aromatic carbocycles. The van der Waals surface area contributed by atoms with Crippen molar-refractivity contribution < 1.29 is 4.79 Å². The molecular formula is C12H16N6OS. The van der Waals surface area contributed by atoms with Crippen LogP contribution in [-0.4, -0.2) is 39.0 Å². The summed E-state index contributed by atoms with van der Waals surface area (Å²) in [4.78, 5) is 16.4. The van der Waals surface area contributed by atoms with Crippen molar-refractivity contribution in [3.63, 3.8) is 0 Å². The van der Waals surface area contributed by atoms with Crippen LogP contribution < -0.4 is 10.6 Å². The Morgan fingerprint density at radius 2 is 2.50 bits per heavy atom. The summed E-state index contributed by atoms with van der Waals surface area (Å²) in [5, 5.41) is 16.9. The maximum absolute atomic E-state index is 12.2. The standard InChI is InChI=1S/C12H16N6OS/c1-2-9(12-14-3-4-20-12)15-11(19)10-7-18(17-16-10)8-5-13-6-8/h3-4,7-9,13H,2,5-6H2,1H3,(H,15,19). The fraction of sp³-hybridized carbons (Fsp3) is 0.500. The fourth-order valence-corrected chi connectivity index (χ4v) is 2.77. The second-order valence-electron chi connectivity index (χ2n) is 4.70. The number of aromatic nitrogens is 4. The van der Waals surface area contributed by atoms with Gasteiger partial charge in [-0.3, -0.25) is 4.79 Å². The van der Waals surface area contributed by atoms with Crippen molar-refractivity contribution in [2.75, 3.05) is 13.1 Å². The molecule has 3 heterocycles. The van der Waals surface area contributed by atoms with E-state index in [-0.39, 0.29) is 11.9 Å². The first-order valence-electron chi connectivity index (χ1n) is 6.60. The van der Waals surface area contributed by atoms with E-state index in [0.717, 1.165) is 24.5 Å². The lowest BCUT2D eigenvalue weighted by Crippen LogP contribution is -2.43. The highest BCUT2D eigenvalue weighted by Gasteiger charge is 2.23. The quantitative estimate of drug-likeness (QED) is 0.850. The molecule has 0 saturated carbocycles. The van der Waals surface area contributed by atoms with Crippen LogP contribution >= 0.6 is 11.3 Å². The summed E-state index contributed by atoms with van der Waals surface area (Å²) in [6, 6.07) is 0.239. The molecule has 1 amide bonds. The summed E-state index contributed by atoms with van der Waals surface area (Å²) in [7, 11) is 0. The van der Waals surface area contributed by atoms with E-state index in [4.69, 9.17) is 0 Å². The fourth-order valence-electron chi connectivity index (χ4n) is 2.00. The van der Waals surface area contributed by atoms with Gasteiger partial charge in [-0.05, 0) is 6.42 Å². The normalized spacial score (nSPS) is 16.6. The van der Waals surface area contributed by atoms with Gasteiger partial charge in [0.2, 0.25) is 0 Å². The van der Waals surface area contributed by atoms with Crippen LogP contribution in [0, 0.1) is 0 Å². The molecule has 8 heteroatoms. The average molecular weight is 292 g/mol. The van der Waals surface area contributed by atoms with Crippen molar-refractivity contribution in [3.8, 4) is 0 Å². The molecule has 0 bridgehead atoms. The molecule has 2 aromatic rings. The molecule has 1 aliphatic heterocycles. The second-order valence-corrected chi connectivity index (χ2v) is 5.63. The number of nitrogens with zero attached hydrogens (tertiary/aromatic N) is 4. The number of nitrogens with one attached hydrogen (secondary N) is 2. The Morgan fingerprint density at radius 3 is 3.10 bits per heavy atom. The Labute approximate surface area is 120 Å². The van der Waals surface area contributed by atoms with Gasteiger partial charge in [0.05, 0.1) is 18.3 Å². The lowest BCUT2D eigenvalue weighted by atomic mass is 10.2. The van der Waals surface area contributed by atoms with Crippen molar-refractivity contribution in [2.24, 2.45) is 0 Å². The lowest BCUT2D eigenvalue weighted by molar-refractivity contribution is 0.0930. The highest BCUT2D eigenvalue weighted by Crippen LogP contribution is 2.19. The summed E-state index contributed by atoms with van der Waals surface area (Å²) in [6.45, 7) is 3.77. The van der Waals surface area contributed by atoms with Crippen LogP contribution in [0.15, 0.2) is 17.8 Å². The molecule has 2 N–H and O–H groups in total. The Kier molecular flexibility index (Phi) is 3.75. The summed E-state index contributed by atoms with van der Waals surface area (Å²) in [5.74, 6) is -0.203. The summed E-state index contributed by atoms with van der Waals surface area (Å²) >= 11 is 1.54. The molecule has 1 saturated heterocycles. The minimum absolute atomic E-state index is 0.0713. The minimum Gasteiger partial charge on any atom is -0.341 e. The number of rotatable bonds is 5. The van der Waals surface area contributed by atoms with E-state index in [2.05, 4.69) is 25.9 Å². The van der Waals surface area contributed by atoms with Crippen molar-refractivity contribution >= 4 is 17.2 Å². The van der Waals surface area contributed by atoms with E-state index in [1.807, 2.05) is 12.3 Å². The topological polar surface area (TPSA) is 84.7 Å². The Morgan fingerprint density at radius 1 is 1.65 bits per heavy atom. The zero-order valence-corrected chi connectivity index (χ0v) is 11.9. The maximum atomic E-state index is 12.2. The van der Waals surface area contributed by atoms with Gasteiger partial charge in [0.1, 0.15) is 5.01 Å². The van der Waals surface area contributed by atoms with Crippen LogP contribution in [0.4, 0.5) is 0 Å². The molecule has 0 spiro atoms. The van der Waals surface area contributed by atoms with Crippen LogP contribution in [0.3, 0.4) is 0 Å². The highest BCUT2D eigenvalue weighted by atomic mass is 32.1. The van der Waals surface area contributed by atoms with Gasteiger partial charge in [-0.1, -0.05) is 12.1 Å². The zero-order chi connectivity index (χ0) is 13.9. The van der Waals surface area contributed by atoms with Crippen LogP contribution in [-0.2, 0) is 0 Å². The molecule has 0 aliphatic carbocycles. The highest BCUT2D eigenvalue weighted by molar-refractivity contribution is 7.09. The summed E-state index contributed by atoms with van der Waals surface area (Å²) in [5.41, 5.74) is 0.354. The van der Waals surface area contributed by atoms with Crippen LogP contribution in [0.5, 0.6) is 0 Å². The van der Waals surface area contributed by atoms with Crippen molar-refractivity contribution in [1.29, 1.82) is 0 Å². The second kappa shape index (κ2) is 5.68. The molecule has 1 fully saturated rings. The zero-order valence-electron chi connectivity index (χ0n) is 11.1. The molecule has 7 nitrogen and oxygen atoms in total. The van der Waals surface area contributed by atoms with E-state index >= 15 is 0 Å². The molecular weight excluding hydrogens is 276 g/mol. The maximum Gasteiger partial charge on any atom is 0.274 e. The Balaban J connectivity index is 1.67. The van der Waals surface area contributed by atoms with E-state index in [9.17, 15) is 4.79 Å². The SMILES string of the molecule is CCC(NC(=O)c1cn(C2CNC2)nn1)c1nccs1. The van der Waals surface area contributed by atoms with E-state index in [1.165, 1.54) is 0 Å². The van der Waals surface area contributed by atoms with Crippen LogP contribution in [0.1, 0.15) is 40.9 Å². The number of amides is 1. The Bertz CT molecular complexity index is 577. The van der Waals surface area contributed by atoms with E-state index < -0.39 is 0 Å². The number of hydrogen-bond acceptors (Lipinski definition) is 6. The van der Waals surface area contributed by atoms with E-state index in [0.29, 0.717) is 11.7 Å². The summed E-state index contributed by atoms with van der Waals surface area (Å²) in [6.07, 6.45) is 4.24. The van der Waals surface area contributed by atoms with E-state index in [1.54, 1.807) is 28.4 Å². The van der Waals surface area contributed by atoms with Gasteiger partial charge < -0.3 is 10.6 Å². The number of carbonyl (C=O) groups is 1. The van der Waals surface area contributed by atoms with Gasteiger partial charge in [0.15, 0.2) is 5.69 Å². The lowest BCUT2D eigenvalue weighted by Gasteiger charge is -2.26. The largest absolute Gasteiger partial charge is 0.341 e. The van der Waals surface area contributed by atoms with Gasteiger partial charge in [-0.2, -0.15) is 0 Å². The number of hydrogen-bond donors (Lipinski definition) is 2. The number of carbonyl (C=O) groups excluding carboxylic acids is 1. The van der Waals surface area contributed by atoms with Crippen LogP contribution in [0.2, 0.25) is 0 Å². The molecule has 1 unspecified atom stereocenters. The smallest absolute Gasteiger partial charge is 0.274 e. The molecule has 0 radical (unpaired) electrons. The molecule has 106 valence electrons. The predicted octanol–water partition coefficient (Wildman–Crippen LogP) is 0.760. The molecule has 1 atom stereocenters. The Hall–Kier alpha value is -1.80. The molecule has 1 aliphatic rings. The van der Waals surface area contributed by atoms with Gasteiger partial charge in [0, 0.05) is 24.7 Å². The third-order valence-corrected chi connectivity index (χ3v) is 4.23. The van der Waals surface area contributed by atoms with Crippen molar-refractivity contribution in [3.05, 3.63) is 28.5 Å². The monoisotopic (exact) mass is 292 g/mol. The minimum atomic E-state index is -0.203. The molecule has 20 heavy (non-hydrogen) atoms. The molecule has 2 aromatic heterocycles. The van der Waals surface area contributed by atoms with Gasteiger partial charge >= 0.3 is 0 Å². The molecule has 3 rings (SSSR count). The average Bonchev–Trinajstić information content (AvgIpc) is 3.04. The van der Waals surface area contributed by atoms with Gasteiger partial charge in [-0.25, -0.2) is 9.67 Å². The number of thiazole rings is 1. The first-order valence-corrected chi connectivity index (χ1v) is 7.48. The van der Waals surface area contributed by atoms with Crippen LogP contribution in [0.25, 0.3) is 0 Å². The van der Waals surface area contributed by atoms with Crippen molar-refractivity contribution in [1.82, 2.24) is 30.6 Å². The summed E-state index contributed by atoms with van der Waals surface area (Å²) < 4.78 is 1.75. The third-order valence-electron chi connectivity index (χ3n) is 3.34. The van der Waals surface area contributed by atoms with Gasteiger partial charge in [0.25, 0.3) is 5.91 Å². The third kappa shape index (κ3) is 2.56. The van der Waals surface area contributed by atoms with Crippen molar-refractivity contribution in [2.45, 2.75) is 25.4 Å². The predicted molar refractivity (Wildman–Crippen MR) is 74.5 cm³/mol. The first kappa shape index (κ1) is 13.2.